The molecule has 1 atom stereocenters. The molecule has 23 heavy (non-hydrogen) atoms. The predicted molar refractivity (Wildman–Crippen MR) is 86.8 cm³/mol. The monoisotopic (exact) mass is 305 g/mol. The van der Waals surface area contributed by atoms with Gasteiger partial charge < -0.3 is 11.1 Å². The number of nitrogens with one attached hydrogen (secondary N) is 1. The van der Waals surface area contributed by atoms with E-state index < -0.39 is 5.92 Å². The van der Waals surface area contributed by atoms with E-state index in [4.69, 9.17) is 11.0 Å². The van der Waals surface area contributed by atoms with E-state index in [9.17, 15) is 9.59 Å². The van der Waals surface area contributed by atoms with Crippen molar-refractivity contribution in [2.24, 2.45) is 5.92 Å². The molecule has 1 aliphatic rings. The van der Waals surface area contributed by atoms with Crippen LogP contribution < -0.4 is 11.1 Å². The molecule has 5 nitrogen and oxygen atoms in total. The molecule has 0 radical (unpaired) electrons. The number of nitrogens with zero attached hydrogens (tertiary/aromatic N) is 1. The van der Waals surface area contributed by atoms with E-state index in [0.717, 1.165) is 5.56 Å². The zero-order valence-corrected chi connectivity index (χ0v) is 12.4. The van der Waals surface area contributed by atoms with Crippen molar-refractivity contribution in [3.63, 3.8) is 0 Å². The number of hydrogen-bond donors (Lipinski definition) is 2. The largest absolute Gasteiger partial charge is 0.398 e. The van der Waals surface area contributed by atoms with Gasteiger partial charge in [-0.3, -0.25) is 9.59 Å². The van der Waals surface area contributed by atoms with Crippen LogP contribution in [0.15, 0.2) is 42.5 Å². The van der Waals surface area contributed by atoms with E-state index >= 15 is 0 Å². The van der Waals surface area contributed by atoms with Crippen molar-refractivity contribution in [1.82, 2.24) is 0 Å². The minimum Gasteiger partial charge on any atom is -0.398 e. The second-order valence-electron chi connectivity index (χ2n) is 5.60. The maximum Gasteiger partial charge on any atom is 0.228 e. The van der Waals surface area contributed by atoms with E-state index in [1.807, 2.05) is 6.07 Å². The van der Waals surface area contributed by atoms with Crippen molar-refractivity contribution in [3.05, 3.63) is 59.2 Å². The number of ketones is 1. The Morgan fingerprint density at radius 1 is 1.22 bits per heavy atom. The summed E-state index contributed by atoms with van der Waals surface area (Å²) in [6, 6.07) is 14.2. The summed E-state index contributed by atoms with van der Waals surface area (Å²) >= 11 is 0. The van der Waals surface area contributed by atoms with Crippen molar-refractivity contribution in [2.75, 3.05) is 11.1 Å². The number of carbonyl (C=O) groups excluding carboxylic acids is 2. The van der Waals surface area contributed by atoms with Gasteiger partial charge >= 0.3 is 0 Å². The third kappa shape index (κ3) is 2.92. The lowest BCUT2D eigenvalue weighted by atomic mass is 9.92. The molecule has 3 N–H and O–H groups in total. The number of rotatable bonds is 2. The van der Waals surface area contributed by atoms with E-state index in [1.54, 1.807) is 36.4 Å². The highest BCUT2D eigenvalue weighted by Crippen LogP contribution is 2.30. The Labute approximate surface area is 133 Å². The number of amides is 1. The molecule has 2 aromatic carbocycles. The summed E-state index contributed by atoms with van der Waals surface area (Å²) < 4.78 is 0. The van der Waals surface area contributed by atoms with Crippen molar-refractivity contribution in [3.8, 4) is 6.07 Å². The van der Waals surface area contributed by atoms with Crippen LogP contribution in [0.4, 0.5) is 11.4 Å². The van der Waals surface area contributed by atoms with Gasteiger partial charge in [0.2, 0.25) is 5.91 Å². The standard InChI is InChI=1S/C18H15N3O2/c19-10-12-4-1-3-11(7-12)8-13-9-16(22)17-14(20)5-2-6-15(17)21-18(13)23/h1-7,13H,8-9,20H2,(H,21,23)/t13-/m1/s1. The Morgan fingerprint density at radius 2 is 2.00 bits per heavy atom. The highest BCUT2D eigenvalue weighted by molar-refractivity contribution is 6.12. The fraction of sp³-hybridized carbons (Fsp3) is 0.167. The minimum atomic E-state index is -0.483. The highest BCUT2D eigenvalue weighted by Gasteiger charge is 2.29. The predicted octanol–water partition coefficient (Wildman–Crippen LogP) is 2.52. The van der Waals surface area contributed by atoms with Gasteiger partial charge in [0.1, 0.15) is 0 Å². The molecule has 0 saturated heterocycles. The molecule has 0 unspecified atom stereocenters. The van der Waals surface area contributed by atoms with E-state index in [1.165, 1.54) is 0 Å². The number of nitriles is 1. The number of fused-ring (bicyclic) bond motifs is 1. The fourth-order valence-electron chi connectivity index (χ4n) is 2.86. The van der Waals surface area contributed by atoms with Crippen LogP contribution in [0, 0.1) is 17.2 Å². The quantitative estimate of drug-likeness (QED) is 0.833. The smallest absolute Gasteiger partial charge is 0.228 e. The van der Waals surface area contributed by atoms with Crippen molar-refractivity contribution < 1.29 is 9.59 Å². The zero-order valence-electron chi connectivity index (χ0n) is 12.4. The molecule has 0 fully saturated rings. The molecule has 0 saturated carbocycles. The maximum absolute atomic E-state index is 12.5. The van der Waals surface area contributed by atoms with Gasteiger partial charge in [-0.25, -0.2) is 0 Å². The number of benzene rings is 2. The molecular weight excluding hydrogens is 290 g/mol. The summed E-state index contributed by atoms with van der Waals surface area (Å²) in [5.74, 6) is -0.828. The van der Waals surface area contributed by atoms with Gasteiger partial charge in [0, 0.05) is 18.0 Å². The Hall–Kier alpha value is -3.13. The topological polar surface area (TPSA) is 96.0 Å². The molecule has 5 heteroatoms. The molecule has 2 aromatic rings. The lowest BCUT2D eigenvalue weighted by Crippen LogP contribution is -2.24. The first-order valence-corrected chi connectivity index (χ1v) is 7.30. The summed E-state index contributed by atoms with van der Waals surface area (Å²) in [5.41, 5.74) is 8.49. The number of nitrogen functional groups attached to an aromatic ring is 1. The third-order valence-corrected chi connectivity index (χ3v) is 3.97. The molecule has 114 valence electrons. The summed E-state index contributed by atoms with van der Waals surface area (Å²) in [6.45, 7) is 0. The Bertz CT molecular complexity index is 836. The van der Waals surface area contributed by atoms with Gasteiger partial charge in [0.15, 0.2) is 5.78 Å². The van der Waals surface area contributed by atoms with Gasteiger partial charge in [-0.2, -0.15) is 5.26 Å². The van der Waals surface area contributed by atoms with Crippen LogP contribution in [0.5, 0.6) is 0 Å². The first kappa shape index (κ1) is 14.8. The summed E-state index contributed by atoms with van der Waals surface area (Å²) in [6.07, 6.45) is 0.505. The Kier molecular flexibility index (Phi) is 3.82. The SMILES string of the molecule is N#Cc1cccc(C[C@@H]2CC(=O)c3c(N)cccc3NC2=O)c1. The highest BCUT2D eigenvalue weighted by atomic mass is 16.2. The first-order valence-electron chi connectivity index (χ1n) is 7.30. The van der Waals surface area contributed by atoms with Gasteiger partial charge in [-0.15, -0.1) is 0 Å². The van der Waals surface area contributed by atoms with E-state index in [-0.39, 0.29) is 18.1 Å². The molecule has 1 heterocycles. The fourth-order valence-corrected chi connectivity index (χ4v) is 2.86. The van der Waals surface area contributed by atoms with Crippen LogP contribution in [0.2, 0.25) is 0 Å². The third-order valence-electron chi connectivity index (χ3n) is 3.97. The summed E-state index contributed by atoms with van der Waals surface area (Å²) in [4.78, 5) is 24.9. The molecule has 0 aromatic heterocycles. The number of nitrogens with two attached hydrogens (primary N) is 1. The molecule has 0 spiro atoms. The molecule has 0 bridgehead atoms. The first-order chi connectivity index (χ1) is 11.1. The van der Waals surface area contributed by atoms with Crippen LogP contribution >= 0.6 is 0 Å². The second-order valence-corrected chi connectivity index (χ2v) is 5.60. The average molecular weight is 305 g/mol. The van der Waals surface area contributed by atoms with Crippen molar-refractivity contribution in [1.29, 1.82) is 5.26 Å². The molecular formula is C18H15N3O2. The lowest BCUT2D eigenvalue weighted by Gasteiger charge is -2.12. The number of anilines is 2. The second kappa shape index (κ2) is 5.93. The number of hydrogen-bond acceptors (Lipinski definition) is 4. The Morgan fingerprint density at radius 3 is 2.78 bits per heavy atom. The molecule has 1 amide bonds. The van der Waals surface area contributed by atoms with E-state index in [2.05, 4.69) is 11.4 Å². The van der Waals surface area contributed by atoms with Gasteiger partial charge in [-0.1, -0.05) is 18.2 Å². The van der Waals surface area contributed by atoms with Gasteiger partial charge in [0.05, 0.1) is 22.9 Å². The Balaban J connectivity index is 1.89. The van der Waals surface area contributed by atoms with Crippen molar-refractivity contribution in [2.45, 2.75) is 12.8 Å². The van der Waals surface area contributed by atoms with Crippen LogP contribution in [-0.2, 0) is 11.2 Å². The van der Waals surface area contributed by atoms with Crippen LogP contribution in [-0.4, -0.2) is 11.7 Å². The zero-order chi connectivity index (χ0) is 16.4. The average Bonchev–Trinajstić information content (AvgIpc) is 2.65. The van der Waals surface area contributed by atoms with Crippen LogP contribution in [0.25, 0.3) is 0 Å². The van der Waals surface area contributed by atoms with Gasteiger partial charge in [-0.05, 0) is 36.2 Å². The normalized spacial score (nSPS) is 16.9. The number of carbonyl (C=O) groups is 2. The van der Waals surface area contributed by atoms with Crippen molar-refractivity contribution >= 4 is 23.1 Å². The summed E-state index contributed by atoms with van der Waals surface area (Å²) in [7, 11) is 0. The van der Waals surface area contributed by atoms with Gasteiger partial charge in [0.25, 0.3) is 0 Å². The molecule has 1 aliphatic heterocycles. The van der Waals surface area contributed by atoms with Crippen LogP contribution in [0.3, 0.4) is 0 Å². The molecule has 3 rings (SSSR count). The summed E-state index contributed by atoms with van der Waals surface area (Å²) in [5, 5.41) is 11.7. The minimum absolute atomic E-state index is 0.101. The van der Waals surface area contributed by atoms with Crippen LogP contribution in [0.1, 0.15) is 27.9 Å². The maximum atomic E-state index is 12.5. The van der Waals surface area contributed by atoms with E-state index in [0.29, 0.717) is 28.9 Å². The lowest BCUT2D eigenvalue weighted by molar-refractivity contribution is -0.119. The molecule has 0 aliphatic carbocycles. The number of Topliss-reactive ketones (excluding diaryl/α,β-unsaturated/α-hetero) is 1.